The van der Waals surface area contributed by atoms with Crippen LogP contribution in [0.2, 0.25) is 5.02 Å². The van der Waals surface area contributed by atoms with Crippen molar-refractivity contribution in [1.82, 2.24) is 20.1 Å². The van der Waals surface area contributed by atoms with Crippen molar-refractivity contribution in [3.63, 3.8) is 0 Å². The highest BCUT2D eigenvalue weighted by molar-refractivity contribution is 7.99. The van der Waals surface area contributed by atoms with Crippen LogP contribution >= 0.6 is 23.4 Å². The molecule has 0 spiro atoms. The van der Waals surface area contributed by atoms with E-state index < -0.39 is 0 Å². The largest absolute Gasteiger partial charge is 0.355 e. The maximum Gasteiger partial charge on any atom is 0.230 e. The lowest BCUT2D eigenvalue weighted by atomic mass is 9.89. The van der Waals surface area contributed by atoms with E-state index in [-0.39, 0.29) is 5.91 Å². The zero-order valence-corrected chi connectivity index (χ0v) is 16.7. The second-order valence-corrected chi connectivity index (χ2v) is 8.03. The van der Waals surface area contributed by atoms with Crippen molar-refractivity contribution in [1.29, 1.82) is 0 Å². The summed E-state index contributed by atoms with van der Waals surface area (Å²) >= 11 is 7.39. The molecule has 2 aromatic rings. The van der Waals surface area contributed by atoms with E-state index in [1.54, 1.807) is 0 Å². The average molecular weight is 393 g/mol. The van der Waals surface area contributed by atoms with Crippen LogP contribution in [0, 0.1) is 5.92 Å². The maximum absolute atomic E-state index is 12.2. The molecule has 0 atom stereocenters. The summed E-state index contributed by atoms with van der Waals surface area (Å²) in [5.74, 6) is 1.88. The lowest BCUT2D eigenvalue weighted by Crippen LogP contribution is -2.31. The van der Waals surface area contributed by atoms with Crippen LogP contribution in [-0.2, 0) is 11.3 Å². The third-order valence-electron chi connectivity index (χ3n) is 4.78. The second kappa shape index (κ2) is 9.42. The minimum absolute atomic E-state index is 0.0688. The first kappa shape index (κ1) is 19.2. The molecule has 3 rings (SSSR count). The van der Waals surface area contributed by atoms with Crippen LogP contribution in [0.3, 0.4) is 0 Å². The van der Waals surface area contributed by atoms with Gasteiger partial charge in [-0.1, -0.05) is 42.6 Å². The number of carbonyl (C=O) groups is 1. The van der Waals surface area contributed by atoms with Crippen molar-refractivity contribution in [3.05, 3.63) is 29.3 Å². The Labute approximate surface area is 163 Å². The molecule has 0 aliphatic heterocycles. The van der Waals surface area contributed by atoms with Gasteiger partial charge in [-0.25, -0.2) is 0 Å². The molecule has 0 saturated heterocycles. The predicted molar refractivity (Wildman–Crippen MR) is 106 cm³/mol. The topological polar surface area (TPSA) is 59.8 Å². The Morgan fingerprint density at radius 3 is 2.65 bits per heavy atom. The zero-order chi connectivity index (χ0) is 18.4. The first-order valence-electron chi connectivity index (χ1n) is 9.26. The van der Waals surface area contributed by atoms with E-state index in [9.17, 15) is 4.79 Å². The Kier molecular flexibility index (Phi) is 6.97. The predicted octanol–water partition coefficient (Wildman–Crippen LogP) is 4.41. The van der Waals surface area contributed by atoms with Crippen LogP contribution < -0.4 is 5.32 Å². The SMILES string of the molecule is CCn1c(SCC(=O)NCC2CCCCC2)nnc1-c1ccc(Cl)cc1. The van der Waals surface area contributed by atoms with E-state index in [4.69, 9.17) is 11.6 Å². The van der Waals surface area contributed by atoms with Crippen LogP contribution in [0.5, 0.6) is 0 Å². The van der Waals surface area contributed by atoms with Gasteiger partial charge in [0.25, 0.3) is 0 Å². The summed E-state index contributed by atoms with van der Waals surface area (Å²) in [7, 11) is 0. The fraction of sp³-hybridized carbons (Fsp3) is 0.526. The van der Waals surface area contributed by atoms with E-state index in [1.165, 1.54) is 43.9 Å². The minimum Gasteiger partial charge on any atom is -0.355 e. The van der Waals surface area contributed by atoms with Gasteiger partial charge < -0.3 is 9.88 Å². The Morgan fingerprint density at radius 2 is 1.96 bits per heavy atom. The van der Waals surface area contributed by atoms with E-state index in [1.807, 2.05) is 28.8 Å². The minimum atomic E-state index is 0.0688. The number of rotatable bonds is 7. The Hall–Kier alpha value is -1.53. The highest BCUT2D eigenvalue weighted by atomic mass is 35.5. The smallest absolute Gasteiger partial charge is 0.230 e. The number of hydrogen-bond acceptors (Lipinski definition) is 4. The average Bonchev–Trinajstić information content (AvgIpc) is 3.09. The molecule has 1 aromatic heterocycles. The summed E-state index contributed by atoms with van der Waals surface area (Å²) in [5.41, 5.74) is 0.970. The van der Waals surface area contributed by atoms with Crippen molar-refractivity contribution < 1.29 is 4.79 Å². The number of nitrogens with one attached hydrogen (secondary N) is 1. The quantitative estimate of drug-likeness (QED) is 0.709. The number of nitrogens with zero attached hydrogens (tertiary/aromatic N) is 3. The molecule has 140 valence electrons. The lowest BCUT2D eigenvalue weighted by molar-refractivity contribution is -0.118. The van der Waals surface area contributed by atoms with Crippen LogP contribution in [0.25, 0.3) is 11.4 Å². The van der Waals surface area contributed by atoms with Crippen LogP contribution in [-0.4, -0.2) is 33.0 Å². The maximum atomic E-state index is 12.2. The molecule has 26 heavy (non-hydrogen) atoms. The van der Waals surface area contributed by atoms with Crippen molar-refractivity contribution in [2.24, 2.45) is 5.92 Å². The third kappa shape index (κ3) is 5.01. The van der Waals surface area contributed by atoms with Gasteiger partial charge in [0, 0.05) is 23.7 Å². The zero-order valence-electron chi connectivity index (χ0n) is 15.1. The summed E-state index contributed by atoms with van der Waals surface area (Å²) < 4.78 is 2.03. The summed E-state index contributed by atoms with van der Waals surface area (Å²) in [5, 5.41) is 13.1. The first-order chi connectivity index (χ1) is 12.7. The molecule has 1 heterocycles. The normalized spacial score (nSPS) is 15.2. The highest BCUT2D eigenvalue weighted by Gasteiger charge is 2.16. The van der Waals surface area contributed by atoms with Crippen LogP contribution in [0.15, 0.2) is 29.4 Å². The van der Waals surface area contributed by atoms with Gasteiger partial charge in [-0.3, -0.25) is 4.79 Å². The highest BCUT2D eigenvalue weighted by Crippen LogP contribution is 2.25. The lowest BCUT2D eigenvalue weighted by Gasteiger charge is -2.21. The molecule has 1 amide bonds. The summed E-state index contributed by atoms with van der Waals surface area (Å²) in [4.78, 5) is 12.2. The number of carbonyl (C=O) groups excluding carboxylic acids is 1. The van der Waals surface area contributed by atoms with Gasteiger partial charge in [0.2, 0.25) is 5.91 Å². The standard InChI is InChI=1S/C19H25ClN4OS/c1-2-24-18(15-8-10-16(20)11-9-15)22-23-19(24)26-13-17(25)21-12-14-6-4-3-5-7-14/h8-11,14H,2-7,12-13H2,1H3,(H,21,25). The summed E-state index contributed by atoms with van der Waals surface area (Å²) in [6.45, 7) is 3.60. The molecule has 0 unspecified atom stereocenters. The summed E-state index contributed by atoms with van der Waals surface area (Å²) in [6, 6.07) is 7.56. The van der Waals surface area contributed by atoms with Gasteiger partial charge in [0.15, 0.2) is 11.0 Å². The number of aromatic nitrogens is 3. The number of halogens is 1. The number of thioether (sulfide) groups is 1. The molecule has 1 N–H and O–H groups in total. The second-order valence-electron chi connectivity index (χ2n) is 6.65. The summed E-state index contributed by atoms with van der Waals surface area (Å²) in [6.07, 6.45) is 6.40. The van der Waals surface area contributed by atoms with Gasteiger partial charge >= 0.3 is 0 Å². The molecule has 5 nitrogen and oxygen atoms in total. The van der Waals surface area contributed by atoms with Crippen LogP contribution in [0.4, 0.5) is 0 Å². The van der Waals surface area contributed by atoms with E-state index in [2.05, 4.69) is 22.4 Å². The van der Waals surface area contributed by atoms with Gasteiger partial charge in [0.1, 0.15) is 0 Å². The molecule has 1 saturated carbocycles. The number of amides is 1. The van der Waals surface area contributed by atoms with E-state index >= 15 is 0 Å². The number of hydrogen-bond donors (Lipinski definition) is 1. The van der Waals surface area contributed by atoms with Crippen molar-refractivity contribution in [3.8, 4) is 11.4 Å². The molecule has 1 aromatic carbocycles. The monoisotopic (exact) mass is 392 g/mol. The molecular weight excluding hydrogens is 368 g/mol. The number of benzene rings is 1. The van der Waals surface area contributed by atoms with Gasteiger partial charge in [-0.15, -0.1) is 10.2 Å². The van der Waals surface area contributed by atoms with E-state index in [0.29, 0.717) is 16.7 Å². The Balaban J connectivity index is 1.56. The van der Waals surface area contributed by atoms with Gasteiger partial charge in [-0.05, 0) is 49.9 Å². The molecule has 1 aliphatic rings. The molecule has 1 aliphatic carbocycles. The Morgan fingerprint density at radius 1 is 1.23 bits per heavy atom. The molecular formula is C19H25ClN4OS. The Bertz CT molecular complexity index is 726. The third-order valence-corrected chi connectivity index (χ3v) is 6.00. The van der Waals surface area contributed by atoms with Crippen molar-refractivity contribution in [2.75, 3.05) is 12.3 Å². The molecule has 0 bridgehead atoms. The van der Waals surface area contributed by atoms with E-state index in [0.717, 1.165) is 29.6 Å². The van der Waals surface area contributed by atoms with Crippen molar-refractivity contribution in [2.45, 2.75) is 50.7 Å². The van der Waals surface area contributed by atoms with Gasteiger partial charge in [0.05, 0.1) is 5.75 Å². The fourth-order valence-corrected chi connectivity index (χ4v) is 4.28. The molecule has 1 fully saturated rings. The molecule has 0 radical (unpaired) electrons. The molecule has 7 heteroatoms. The van der Waals surface area contributed by atoms with Crippen molar-refractivity contribution >= 4 is 29.3 Å². The van der Waals surface area contributed by atoms with Gasteiger partial charge in [-0.2, -0.15) is 0 Å². The van der Waals surface area contributed by atoms with Crippen LogP contribution in [0.1, 0.15) is 39.0 Å². The first-order valence-corrected chi connectivity index (χ1v) is 10.6. The fourth-order valence-electron chi connectivity index (χ4n) is 3.32.